The Morgan fingerprint density at radius 1 is 1.24 bits per heavy atom. The molecule has 0 amide bonds. The number of ether oxygens (including phenoxy) is 1. The van der Waals surface area contributed by atoms with E-state index in [1.54, 1.807) is 0 Å². The van der Waals surface area contributed by atoms with E-state index in [1.807, 2.05) is 0 Å². The lowest BCUT2D eigenvalue weighted by Gasteiger charge is -2.22. The van der Waals surface area contributed by atoms with Crippen molar-refractivity contribution in [1.29, 1.82) is 0 Å². The molecule has 0 bridgehead atoms. The fourth-order valence-corrected chi connectivity index (χ4v) is 4.21. The third-order valence-electron chi connectivity index (χ3n) is 6.15. The number of benzene rings is 1. The molecule has 1 aromatic rings. The lowest BCUT2D eigenvalue weighted by Crippen LogP contribution is -2.26. The number of fused-ring (bicyclic) bond motifs is 1. The average Bonchev–Trinajstić information content (AvgIpc) is 2.81. The maximum Gasteiger partial charge on any atom is 0.122 e. The molecule has 1 aliphatic heterocycles. The molecule has 0 aromatic heterocycles. The third-order valence-corrected chi connectivity index (χ3v) is 6.15. The van der Waals surface area contributed by atoms with Crippen molar-refractivity contribution in [3.63, 3.8) is 0 Å². The van der Waals surface area contributed by atoms with Crippen molar-refractivity contribution in [2.45, 2.75) is 53.5 Å². The van der Waals surface area contributed by atoms with Gasteiger partial charge in [0.1, 0.15) is 5.75 Å². The maximum atomic E-state index is 5.65. The van der Waals surface area contributed by atoms with Crippen LogP contribution in [-0.4, -0.2) is 13.2 Å². The Labute approximate surface area is 129 Å². The van der Waals surface area contributed by atoms with Crippen molar-refractivity contribution < 1.29 is 4.74 Å². The molecule has 1 aliphatic carbocycles. The number of hydrogen-bond acceptors (Lipinski definition) is 2. The summed E-state index contributed by atoms with van der Waals surface area (Å²) < 4.78 is 5.65. The van der Waals surface area contributed by atoms with E-state index in [9.17, 15) is 0 Å². The second kappa shape index (κ2) is 5.01. The average molecular weight is 287 g/mol. The quantitative estimate of drug-likeness (QED) is 0.869. The van der Waals surface area contributed by atoms with Crippen molar-refractivity contribution in [2.24, 2.45) is 16.7 Å². The zero-order chi connectivity index (χ0) is 15.3. The molecule has 1 aromatic carbocycles. The summed E-state index contributed by atoms with van der Waals surface area (Å²) in [7, 11) is 0. The first-order valence-electron chi connectivity index (χ1n) is 8.38. The largest absolute Gasteiger partial charge is 0.493 e. The molecular formula is C19H29NO. The first-order chi connectivity index (χ1) is 9.89. The summed E-state index contributed by atoms with van der Waals surface area (Å²) in [5.41, 5.74) is 3.62. The minimum atomic E-state index is 0.397. The Balaban J connectivity index is 1.90. The topological polar surface area (TPSA) is 21.3 Å². The van der Waals surface area contributed by atoms with Crippen LogP contribution >= 0.6 is 0 Å². The van der Waals surface area contributed by atoms with Crippen molar-refractivity contribution >= 4 is 0 Å². The highest BCUT2D eigenvalue weighted by molar-refractivity contribution is 5.42. The maximum absolute atomic E-state index is 5.65. The summed E-state index contributed by atoms with van der Waals surface area (Å²) in [6.45, 7) is 13.8. The van der Waals surface area contributed by atoms with Crippen LogP contribution in [0.25, 0.3) is 0 Å². The number of nitrogens with one attached hydrogen (secondary N) is 1. The van der Waals surface area contributed by atoms with Crippen LogP contribution < -0.4 is 10.1 Å². The van der Waals surface area contributed by atoms with E-state index >= 15 is 0 Å². The van der Waals surface area contributed by atoms with Crippen LogP contribution in [0.3, 0.4) is 0 Å². The van der Waals surface area contributed by atoms with Crippen LogP contribution in [0.4, 0.5) is 0 Å². The minimum Gasteiger partial charge on any atom is -0.493 e. The standard InChI is InChI=1S/C19H29NO/c1-6-10-20-16(17-18(2,3)19(17,4)5)14-7-8-15-13(12-14)9-11-21-15/h7-8,12,16-17,20H,6,9-11H2,1-5H3. The van der Waals surface area contributed by atoms with Crippen LogP contribution in [0.5, 0.6) is 5.75 Å². The Morgan fingerprint density at radius 2 is 1.95 bits per heavy atom. The smallest absolute Gasteiger partial charge is 0.122 e. The van der Waals surface area contributed by atoms with Gasteiger partial charge < -0.3 is 10.1 Å². The fourth-order valence-electron chi connectivity index (χ4n) is 4.21. The van der Waals surface area contributed by atoms with Gasteiger partial charge in [-0.3, -0.25) is 0 Å². The zero-order valence-corrected chi connectivity index (χ0v) is 14.1. The lowest BCUT2D eigenvalue weighted by atomic mass is 9.94. The van der Waals surface area contributed by atoms with Gasteiger partial charge in [-0.2, -0.15) is 0 Å². The van der Waals surface area contributed by atoms with Gasteiger partial charge in [-0.05, 0) is 46.9 Å². The van der Waals surface area contributed by atoms with Gasteiger partial charge in [-0.1, -0.05) is 46.8 Å². The predicted molar refractivity (Wildman–Crippen MR) is 87.7 cm³/mol. The molecule has 2 nitrogen and oxygen atoms in total. The first-order valence-corrected chi connectivity index (χ1v) is 8.38. The summed E-state index contributed by atoms with van der Waals surface area (Å²) >= 11 is 0. The molecule has 3 rings (SSSR count). The van der Waals surface area contributed by atoms with Crippen LogP contribution in [0.1, 0.15) is 58.2 Å². The predicted octanol–water partition coefficient (Wildman–Crippen LogP) is 4.34. The normalized spacial score (nSPS) is 23.5. The Bertz CT molecular complexity index is 518. The Kier molecular flexibility index (Phi) is 3.56. The zero-order valence-electron chi connectivity index (χ0n) is 14.1. The van der Waals surface area contributed by atoms with Crippen LogP contribution in [0, 0.1) is 16.7 Å². The van der Waals surface area contributed by atoms with Crippen LogP contribution in [0.2, 0.25) is 0 Å². The van der Waals surface area contributed by atoms with Gasteiger partial charge in [-0.25, -0.2) is 0 Å². The molecule has 0 spiro atoms. The molecule has 1 N–H and O–H groups in total. The highest BCUT2D eigenvalue weighted by Gasteiger charge is 2.67. The summed E-state index contributed by atoms with van der Waals surface area (Å²) in [5, 5.41) is 3.81. The second-order valence-electron chi connectivity index (χ2n) is 7.82. The molecule has 1 unspecified atom stereocenters. The molecular weight excluding hydrogens is 258 g/mol. The summed E-state index contributed by atoms with van der Waals surface area (Å²) in [6, 6.07) is 7.27. The summed E-state index contributed by atoms with van der Waals surface area (Å²) in [6.07, 6.45) is 2.24. The van der Waals surface area contributed by atoms with Gasteiger partial charge in [0, 0.05) is 12.5 Å². The van der Waals surface area contributed by atoms with Gasteiger partial charge in [0.2, 0.25) is 0 Å². The minimum absolute atomic E-state index is 0.397. The molecule has 0 saturated heterocycles. The van der Waals surface area contributed by atoms with E-state index in [4.69, 9.17) is 4.74 Å². The van der Waals surface area contributed by atoms with Crippen molar-refractivity contribution in [3.8, 4) is 5.75 Å². The van der Waals surface area contributed by atoms with Gasteiger partial charge in [-0.15, -0.1) is 0 Å². The van der Waals surface area contributed by atoms with E-state index in [0.29, 0.717) is 22.8 Å². The molecule has 1 fully saturated rings. The van der Waals surface area contributed by atoms with E-state index < -0.39 is 0 Å². The molecule has 1 atom stereocenters. The first kappa shape index (κ1) is 14.9. The molecule has 21 heavy (non-hydrogen) atoms. The highest BCUT2D eigenvalue weighted by atomic mass is 16.5. The summed E-state index contributed by atoms with van der Waals surface area (Å²) in [5.74, 6) is 1.78. The van der Waals surface area contributed by atoms with E-state index in [0.717, 1.165) is 25.3 Å². The van der Waals surface area contributed by atoms with E-state index in [2.05, 4.69) is 58.1 Å². The van der Waals surface area contributed by atoms with Gasteiger partial charge in [0.25, 0.3) is 0 Å². The van der Waals surface area contributed by atoms with E-state index in [1.165, 1.54) is 17.5 Å². The SMILES string of the molecule is CCCNC(c1ccc2c(c1)CCO2)C1C(C)(C)C1(C)C. The lowest BCUT2D eigenvalue weighted by molar-refractivity contribution is 0.356. The van der Waals surface area contributed by atoms with E-state index in [-0.39, 0.29) is 0 Å². The Hall–Kier alpha value is -1.02. The van der Waals surface area contributed by atoms with Gasteiger partial charge in [0.15, 0.2) is 0 Å². The number of hydrogen-bond donors (Lipinski definition) is 1. The van der Waals surface area contributed by atoms with Crippen molar-refractivity contribution in [1.82, 2.24) is 5.32 Å². The highest BCUT2D eigenvalue weighted by Crippen LogP contribution is 2.72. The number of rotatable bonds is 5. The van der Waals surface area contributed by atoms with Gasteiger partial charge >= 0.3 is 0 Å². The summed E-state index contributed by atoms with van der Waals surface area (Å²) in [4.78, 5) is 0. The van der Waals surface area contributed by atoms with Gasteiger partial charge in [0.05, 0.1) is 6.61 Å². The molecule has 116 valence electrons. The molecule has 1 saturated carbocycles. The van der Waals surface area contributed by atoms with Crippen molar-refractivity contribution in [3.05, 3.63) is 29.3 Å². The third kappa shape index (κ3) is 2.28. The Morgan fingerprint density at radius 3 is 2.57 bits per heavy atom. The second-order valence-corrected chi connectivity index (χ2v) is 7.82. The van der Waals surface area contributed by atoms with Crippen LogP contribution in [0.15, 0.2) is 18.2 Å². The molecule has 0 radical (unpaired) electrons. The molecule has 2 aliphatic rings. The monoisotopic (exact) mass is 287 g/mol. The molecule has 1 heterocycles. The van der Waals surface area contributed by atoms with Crippen molar-refractivity contribution in [2.75, 3.05) is 13.2 Å². The molecule has 2 heteroatoms. The van der Waals surface area contributed by atoms with Crippen LogP contribution in [-0.2, 0) is 6.42 Å². The fraction of sp³-hybridized carbons (Fsp3) is 0.684.